The molecule has 1 amide bonds. The van der Waals surface area contributed by atoms with Crippen LogP contribution in [0.4, 0.5) is 0 Å². The van der Waals surface area contributed by atoms with Crippen LogP contribution in [0.1, 0.15) is 12.8 Å². The molecular formula is C11H13BrN2O4S. The maximum atomic E-state index is 11.5. The topological polar surface area (TPSA) is 102 Å². The van der Waals surface area contributed by atoms with Crippen molar-refractivity contribution in [2.45, 2.75) is 23.0 Å². The lowest BCUT2D eigenvalue weighted by molar-refractivity contribution is -0.144. The zero-order valence-corrected chi connectivity index (χ0v) is 12.2. The van der Waals surface area contributed by atoms with Gasteiger partial charge < -0.3 is 4.84 Å². The summed E-state index contributed by atoms with van der Waals surface area (Å²) in [6.45, 7) is 0. The standard InChI is InChI=1S/C11H13BrN2O4S/c12-7-1-3-8(4-2-7)19-9(11(16)14-17)5-6-10(15)18-13/h1-4,9,17H,5-6,13H2,(H,14,16). The second kappa shape index (κ2) is 8.16. The Morgan fingerprint density at radius 3 is 2.58 bits per heavy atom. The van der Waals surface area contributed by atoms with Crippen molar-refractivity contribution in [1.29, 1.82) is 0 Å². The summed E-state index contributed by atoms with van der Waals surface area (Å²) in [6, 6.07) is 7.33. The molecule has 0 aliphatic heterocycles. The molecule has 0 saturated heterocycles. The second-order valence-electron chi connectivity index (χ2n) is 3.57. The summed E-state index contributed by atoms with van der Waals surface area (Å²) in [6.07, 6.45) is 0.210. The molecule has 4 N–H and O–H groups in total. The number of carbonyl (C=O) groups excluding carboxylic acids is 2. The number of nitrogens with one attached hydrogen (secondary N) is 1. The number of thioether (sulfide) groups is 1. The normalized spacial score (nSPS) is 11.7. The van der Waals surface area contributed by atoms with Crippen molar-refractivity contribution >= 4 is 39.6 Å². The van der Waals surface area contributed by atoms with Crippen molar-refractivity contribution in [3.8, 4) is 0 Å². The Bertz CT molecular complexity index is 441. The van der Waals surface area contributed by atoms with Gasteiger partial charge >= 0.3 is 5.97 Å². The third-order valence-electron chi connectivity index (χ3n) is 2.24. The number of carbonyl (C=O) groups is 2. The van der Waals surface area contributed by atoms with E-state index in [2.05, 4.69) is 20.8 Å². The van der Waals surface area contributed by atoms with Crippen molar-refractivity contribution in [3.63, 3.8) is 0 Å². The lowest BCUT2D eigenvalue weighted by Gasteiger charge is -2.13. The van der Waals surface area contributed by atoms with Gasteiger partial charge in [-0.2, -0.15) is 5.90 Å². The van der Waals surface area contributed by atoms with Gasteiger partial charge in [0.25, 0.3) is 5.91 Å². The lowest BCUT2D eigenvalue weighted by Crippen LogP contribution is -2.30. The van der Waals surface area contributed by atoms with Gasteiger partial charge in [0.2, 0.25) is 0 Å². The van der Waals surface area contributed by atoms with E-state index < -0.39 is 17.1 Å². The Kier molecular flexibility index (Phi) is 6.85. The minimum atomic E-state index is -0.606. The summed E-state index contributed by atoms with van der Waals surface area (Å²) in [5.41, 5.74) is 1.59. The van der Waals surface area contributed by atoms with Gasteiger partial charge in [-0.3, -0.25) is 14.8 Å². The van der Waals surface area contributed by atoms with Gasteiger partial charge in [0.05, 0.1) is 5.25 Å². The Balaban J connectivity index is 2.66. The first-order chi connectivity index (χ1) is 9.06. The highest BCUT2D eigenvalue weighted by Gasteiger charge is 2.21. The molecule has 19 heavy (non-hydrogen) atoms. The van der Waals surface area contributed by atoms with Gasteiger partial charge in [-0.15, -0.1) is 11.8 Å². The molecule has 6 nitrogen and oxygen atoms in total. The molecule has 104 valence electrons. The Labute approximate surface area is 122 Å². The fourth-order valence-electron chi connectivity index (χ4n) is 1.30. The Morgan fingerprint density at radius 1 is 1.42 bits per heavy atom. The van der Waals surface area contributed by atoms with Gasteiger partial charge in [0.1, 0.15) is 0 Å². The van der Waals surface area contributed by atoms with E-state index in [1.807, 2.05) is 24.3 Å². The highest BCUT2D eigenvalue weighted by molar-refractivity contribution is 9.10. The van der Waals surface area contributed by atoms with Crippen LogP contribution < -0.4 is 11.4 Å². The summed E-state index contributed by atoms with van der Waals surface area (Å²) >= 11 is 4.55. The fraction of sp³-hybridized carbons (Fsp3) is 0.273. The largest absolute Gasteiger partial charge is 0.373 e. The molecule has 0 saturated carbocycles. The first-order valence-corrected chi connectivity index (χ1v) is 6.99. The smallest absolute Gasteiger partial charge is 0.324 e. The monoisotopic (exact) mass is 348 g/mol. The summed E-state index contributed by atoms with van der Waals surface area (Å²) in [5.74, 6) is 3.55. The highest BCUT2D eigenvalue weighted by atomic mass is 79.9. The number of amides is 1. The maximum Gasteiger partial charge on any atom is 0.324 e. The predicted octanol–water partition coefficient (Wildman–Crippen LogP) is 1.61. The minimum absolute atomic E-state index is 0.00187. The minimum Gasteiger partial charge on any atom is -0.373 e. The number of hydrogen-bond donors (Lipinski definition) is 3. The zero-order chi connectivity index (χ0) is 14.3. The zero-order valence-electron chi connectivity index (χ0n) is 9.84. The van der Waals surface area contributed by atoms with E-state index in [0.717, 1.165) is 9.37 Å². The number of hydroxylamine groups is 1. The van der Waals surface area contributed by atoms with E-state index in [0.29, 0.717) is 0 Å². The van der Waals surface area contributed by atoms with E-state index in [1.165, 1.54) is 11.8 Å². The number of halogens is 1. The quantitative estimate of drug-likeness (QED) is 0.410. The van der Waals surface area contributed by atoms with Crippen LogP contribution in [0.5, 0.6) is 0 Å². The molecular weight excluding hydrogens is 336 g/mol. The van der Waals surface area contributed by atoms with Crippen LogP contribution in [-0.4, -0.2) is 22.3 Å². The lowest BCUT2D eigenvalue weighted by atomic mass is 10.2. The van der Waals surface area contributed by atoms with Crippen molar-refractivity contribution in [1.82, 2.24) is 5.48 Å². The average molecular weight is 349 g/mol. The summed E-state index contributed by atoms with van der Waals surface area (Å²) in [4.78, 5) is 27.4. The average Bonchev–Trinajstić information content (AvgIpc) is 2.44. The molecule has 1 aromatic carbocycles. The first kappa shape index (κ1) is 16.0. The van der Waals surface area contributed by atoms with Crippen LogP contribution in [0.3, 0.4) is 0 Å². The molecule has 0 aliphatic carbocycles. The van der Waals surface area contributed by atoms with Gasteiger partial charge in [0.15, 0.2) is 0 Å². The van der Waals surface area contributed by atoms with Crippen LogP contribution in [0.15, 0.2) is 33.6 Å². The number of hydrogen-bond acceptors (Lipinski definition) is 6. The van der Waals surface area contributed by atoms with Crippen LogP contribution >= 0.6 is 27.7 Å². The molecule has 0 bridgehead atoms. The Morgan fingerprint density at radius 2 is 2.05 bits per heavy atom. The number of nitrogens with two attached hydrogens (primary N) is 1. The van der Waals surface area contributed by atoms with E-state index in [9.17, 15) is 9.59 Å². The van der Waals surface area contributed by atoms with Crippen molar-refractivity contribution < 1.29 is 19.6 Å². The number of rotatable bonds is 6. The van der Waals surface area contributed by atoms with Crippen molar-refractivity contribution in [2.24, 2.45) is 5.90 Å². The third kappa shape index (κ3) is 5.60. The first-order valence-electron chi connectivity index (χ1n) is 5.32. The molecule has 0 fully saturated rings. The molecule has 0 radical (unpaired) electrons. The van der Waals surface area contributed by atoms with Gasteiger partial charge in [-0.1, -0.05) is 15.9 Å². The van der Waals surface area contributed by atoms with E-state index in [1.54, 1.807) is 5.48 Å². The third-order valence-corrected chi connectivity index (χ3v) is 4.04. The molecule has 1 aromatic rings. The molecule has 1 atom stereocenters. The summed E-state index contributed by atoms with van der Waals surface area (Å²) in [7, 11) is 0. The number of benzene rings is 1. The van der Waals surface area contributed by atoms with E-state index in [4.69, 9.17) is 11.1 Å². The van der Waals surface area contributed by atoms with E-state index >= 15 is 0 Å². The van der Waals surface area contributed by atoms with Gasteiger partial charge in [-0.25, -0.2) is 5.48 Å². The van der Waals surface area contributed by atoms with Gasteiger partial charge in [0, 0.05) is 15.8 Å². The fourth-order valence-corrected chi connectivity index (χ4v) is 2.58. The summed E-state index contributed by atoms with van der Waals surface area (Å²) < 4.78 is 0.923. The van der Waals surface area contributed by atoms with E-state index in [-0.39, 0.29) is 12.8 Å². The Hall–Kier alpha value is -1.09. The van der Waals surface area contributed by atoms with Crippen LogP contribution in [0, 0.1) is 0 Å². The van der Waals surface area contributed by atoms with Crippen LogP contribution in [-0.2, 0) is 14.4 Å². The van der Waals surface area contributed by atoms with Crippen LogP contribution in [0.2, 0.25) is 0 Å². The molecule has 0 spiro atoms. The second-order valence-corrected chi connectivity index (χ2v) is 5.76. The van der Waals surface area contributed by atoms with Crippen molar-refractivity contribution in [3.05, 3.63) is 28.7 Å². The maximum absolute atomic E-state index is 11.5. The molecule has 1 rings (SSSR count). The van der Waals surface area contributed by atoms with Crippen molar-refractivity contribution in [2.75, 3.05) is 0 Å². The highest BCUT2D eigenvalue weighted by Crippen LogP contribution is 2.27. The molecule has 0 aromatic heterocycles. The SMILES string of the molecule is NOC(=O)CCC(Sc1ccc(Br)cc1)C(=O)NO. The summed E-state index contributed by atoms with van der Waals surface area (Å²) in [5, 5.41) is 8.08. The molecule has 1 unspecified atom stereocenters. The van der Waals surface area contributed by atoms with Crippen LogP contribution in [0.25, 0.3) is 0 Å². The molecule has 8 heteroatoms. The predicted molar refractivity (Wildman–Crippen MR) is 73.2 cm³/mol. The molecule has 0 heterocycles. The molecule has 0 aliphatic rings. The van der Waals surface area contributed by atoms with Gasteiger partial charge in [-0.05, 0) is 30.7 Å².